The lowest BCUT2D eigenvalue weighted by Crippen LogP contribution is -2.46. The summed E-state index contributed by atoms with van der Waals surface area (Å²) in [6, 6.07) is 8.24. The van der Waals surface area contributed by atoms with E-state index >= 15 is 0 Å². The molecule has 3 heterocycles. The smallest absolute Gasteiger partial charge is 0.292 e. The van der Waals surface area contributed by atoms with Gasteiger partial charge in [0.15, 0.2) is 0 Å². The van der Waals surface area contributed by atoms with Crippen LogP contribution in [0, 0.1) is 17.0 Å². The maximum atomic E-state index is 12.0. The van der Waals surface area contributed by atoms with Crippen LogP contribution in [0.3, 0.4) is 0 Å². The van der Waals surface area contributed by atoms with Crippen LogP contribution < -0.4 is 15.4 Å². The number of aryl methyl sites for hydroxylation is 1. The van der Waals surface area contributed by atoms with Gasteiger partial charge in [0.1, 0.15) is 5.69 Å². The van der Waals surface area contributed by atoms with Gasteiger partial charge in [-0.1, -0.05) is 23.5 Å². The van der Waals surface area contributed by atoms with Crippen molar-refractivity contribution in [2.45, 2.75) is 6.92 Å². The number of benzene rings is 1. The third-order valence-corrected chi connectivity index (χ3v) is 5.30. The average molecular weight is 372 g/mol. The molecule has 0 bridgehead atoms. The molecule has 134 valence electrons. The van der Waals surface area contributed by atoms with E-state index in [4.69, 9.17) is 0 Å². The van der Waals surface area contributed by atoms with Crippen molar-refractivity contribution in [2.75, 3.05) is 36.0 Å². The van der Waals surface area contributed by atoms with Crippen LogP contribution in [0.25, 0.3) is 4.96 Å². The fraction of sp³-hybridized carbons (Fsp3) is 0.312. The molecule has 4 rings (SSSR count). The highest BCUT2D eigenvalue weighted by atomic mass is 32.1. The fourth-order valence-electron chi connectivity index (χ4n) is 3.06. The van der Waals surface area contributed by atoms with Gasteiger partial charge >= 0.3 is 0 Å². The van der Waals surface area contributed by atoms with Crippen molar-refractivity contribution in [3.05, 3.63) is 56.5 Å². The summed E-state index contributed by atoms with van der Waals surface area (Å²) < 4.78 is 1.32. The van der Waals surface area contributed by atoms with Crippen LogP contribution >= 0.6 is 11.3 Å². The van der Waals surface area contributed by atoms with Gasteiger partial charge in [-0.2, -0.15) is 4.52 Å². The van der Waals surface area contributed by atoms with E-state index in [0.717, 1.165) is 5.13 Å². The molecule has 3 aromatic rings. The van der Waals surface area contributed by atoms with E-state index in [-0.39, 0.29) is 16.2 Å². The fourth-order valence-corrected chi connectivity index (χ4v) is 4.07. The Balaban J connectivity index is 1.55. The maximum Gasteiger partial charge on any atom is 0.292 e. The van der Waals surface area contributed by atoms with Crippen molar-refractivity contribution in [2.24, 2.45) is 0 Å². The number of nitrogens with zero attached hydrogens (tertiary/aromatic N) is 6. The van der Waals surface area contributed by atoms with Gasteiger partial charge in [0.25, 0.3) is 11.2 Å². The predicted molar refractivity (Wildman–Crippen MR) is 99.4 cm³/mol. The molecule has 9 nitrogen and oxygen atoms in total. The molecular weight excluding hydrogens is 356 g/mol. The molecule has 0 atom stereocenters. The van der Waals surface area contributed by atoms with E-state index in [1.807, 2.05) is 11.0 Å². The van der Waals surface area contributed by atoms with E-state index in [0.29, 0.717) is 42.5 Å². The lowest BCUT2D eigenvalue weighted by atomic mass is 10.2. The zero-order valence-electron chi connectivity index (χ0n) is 14.0. The number of para-hydroxylation sites is 2. The van der Waals surface area contributed by atoms with E-state index in [9.17, 15) is 14.9 Å². The van der Waals surface area contributed by atoms with Crippen LogP contribution in [0.15, 0.2) is 35.1 Å². The number of hydrogen-bond acceptors (Lipinski definition) is 8. The quantitative estimate of drug-likeness (QED) is 0.510. The third kappa shape index (κ3) is 2.88. The Bertz CT molecular complexity index is 1040. The third-order valence-electron chi connectivity index (χ3n) is 4.33. The Kier molecular flexibility index (Phi) is 4.03. The molecule has 1 aliphatic heterocycles. The molecule has 1 saturated heterocycles. The van der Waals surface area contributed by atoms with Crippen molar-refractivity contribution in [3.63, 3.8) is 0 Å². The summed E-state index contributed by atoms with van der Waals surface area (Å²) in [6.07, 6.45) is 0. The molecule has 0 radical (unpaired) electrons. The molecule has 10 heteroatoms. The van der Waals surface area contributed by atoms with E-state index in [1.54, 1.807) is 19.1 Å². The largest absolute Gasteiger partial charge is 0.362 e. The van der Waals surface area contributed by atoms with Gasteiger partial charge in [-0.25, -0.2) is 4.98 Å². The van der Waals surface area contributed by atoms with E-state index in [2.05, 4.69) is 15.0 Å². The van der Waals surface area contributed by atoms with Gasteiger partial charge in [0, 0.05) is 44.0 Å². The SMILES string of the molecule is Cc1cc(=O)n2nc(N3CCN(c4ccccc4[N+](=O)[O-])CC3)sc2n1. The molecular formula is C16H16N6O3S. The zero-order valence-corrected chi connectivity index (χ0v) is 14.8. The summed E-state index contributed by atoms with van der Waals surface area (Å²) in [4.78, 5) is 31.9. The highest BCUT2D eigenvalue weighted by Gasteiger charge is 2.25. The standard InChI is InChI=1S/C16H16N6O3S/c1-11-10-14(23)21-15(17-11)26-16(18-21)20-8-6-19(7-9-20)12-4-2-3-5-13(12)22(24)25/h2-5,10H,6-9H2,1H3. The van der Waals surface area contributed by atoms with Crippen LogP contribution in [-0.4, -0.2) is 45.7 Å². The Morgan fingerprint density at radius 1 is 1.15 bits per heavy atom. The van der Waals surface area contributed by atoms with Crippen molar-refractivity contribution >= 4 is 32.8 Å². The van der Waals surface area contributed by atoms with Crippen LogP contribution in [0.4, 0.5) is 16.5 Å². The van der Waals surface area contributed by atoms with Crippen LogP contribution in [0.2, 0.25) is 0 Å². The van der Waals surface area contributed by atoms with Gasteiger partial charge in [-0.15, -0.1) is 5.10 Å². The molecule has 0 N–H and O–H groups in total. The topological polar surface area (TPSA) is 96.9 Å². The first-order valence-electron chi connectivity index (χ1n) is 8.14. The Morgan fingerprint density at radius 3 is 2.58 bits per heavy atom. The Labute approximate surface area is 152 Å². The summed E-state index contributed by atoms with van der Waals surface area (Å²) in [7, 11) is 0. The molecule has 1 aliphatic rings. The van der Waals surface area contributed by atoms with E-state index in [1.165, 1.54) is 28.0 Å². The van der Waals surface area contributed by atoms with Crippen molar-refractivity contribution in [1.82, 2.24) is 14.6 Å². The van der Waals surface area contributed by atoms with Gasteiger partial charge in [0.2, 0.25) is 10.1 Å². The number of anilines is 2. The molecule has 2 aromatic heterocycles. The number of hydrogen-bond donors (Lipinski definition) is 0. The summed E-state index contributed by atoms with van der Waals surface area (Å²) in [5, 5.41) is 16.3. The van der Waals surface area contributed by atoms with Crippen molar-refractivity contribution in [1.29, 1.82) is 0 Å². The van der Waals surface area contributed by atoms with Crippen LogP contribution in [0.5, 0.6) is 0 Å². The Hall–Kier alpha value is -3.01. The zero-order chi connectivity index (χ0) is 18.3. The molecule has 1 aromatic carbocycles. The molecule has 0 saturated carbocycles. The van der Waals surface area contributed by atoms with Gasteiger partial charge in [-0.05, 0) is 13.0 Å². The number of fused-ring (bicyclic) bond motifs is 1. The van der Waals surface area contributed by atoms with Crippen LogP contribution in [-0.2, 0) is 0 Å². The minimum absolute atomic E-state index is 0.118. The van der Waals surface area contributed by atoms with Gasteiger partial charge < -0.3 is 9.80 Å². The number of nitro benzene ring substituents is 1. The second kappa shape index (κ2) is 6.37. The predicted octanol–water partition coefficient (Wildman–Crippen LogP) is 1.69. The molecule has 0 unspecified atom stereocenters. The highest BCUT2D eigenvalue weighted by molar-refractivity contribution is 7.20. The minimum Gasteiger partial charge on any atom is -0.362 e. The summed E-state index contributed by atoms with van der Waals surface area (Å²) in [6.45, 7) is 4.40. The normalized spacial score (nSPS) is 14.8. The number of aromatic nitrogens is 3. The molecule has 0 spiro atoms. The molecule has 0 amide bonds. The molecule has 26 heavy (non-hydrogen) atoms. The number of nitro groups is 1. The first-order valence-corrected chi connectivity index (χ1v) is 8.95. The molecule has 1 fully saturated rings. The highest BCUT2D eigenvalue weighted by Crippen LogP contribution is 2.30. The Morgan fingerprint density at radius 2 is 1.85 bits per heavy atom. The van der Waals surface area contributed by atoms with Gasteiger partial charge in [-0.3, -0.25) is 14.9 Å². The number of piperazine rings is 1. The summed E-state index contributed by atoms with van der Waals surface area (Å²) in [5.74, 6) is 0. The summed E-state index contributed by atoms with van der Waals surface area (Å²) >= 11 is 1.38. The minimum atomic E-state index is -0.352. The summed E-state index contributed by atoms with van der Waals surface area (Å²) in [5.41, 5.74) is 1.24. The first kappa shape index (κ1) is 16.5. The monoisotopic (exact) mass is 372 g/mol. The van der Waals surface area contributed by atoms with Crippen molar-refractivity contribution in [3.8, 4) is 0 Å². The lowest BCUT2D eigenvalue weighted by Gasteiger charge is -2.35. The second-order valence-electron chi connectivity index (χ2n) is 6.03. The maximum absolute atomic E-state index is 12.0. The average Bonchev–Trinajstić information content (AvgIpc) is 3.06. The molecule has 0 aliphatic carbocycles. The van der Waals surface area contributed by atoms with Crippen molar-refractivity contribution < 1.29 is 4.92 Å². The van der Waals surface area contributed by atoms with E-state index < -0.39 is 0 Å². The lowest BCUT2D eigenvalue weighted by molar-refractivity contribution is -0.384. The number of rotatable bonds is 3. The van der Waals surface area contributed by atoms with Gasteiger partial charge in [0.05, 0.1) is 4.92 Å². The van der Waals surface area contributed by atoms with Crippen LogP contribution in [0.1, 0.15) is 5.69 Å². The second-order valence-corrected chi connectivity index (χ2v) is 6.97. The first-order chi connectivity index (χ1) is 12.5.